The van der Waals surface area contributed by atoms with Crippen LogP contribution in [0, 0.1) is 0 Å². The molecule has 3 heterocycles. The quantitative estimate of drug-likeness (QED) is 0.719. The van der Waals surface area contributed by atoms with Crippen LogP contribution in [0.1, 0.15) is 27.7 Å². The zero-order valence-corrected chi connectivity index (χ0v) is 15.1. The average Bonchev–Trinajstić information content (AvgIpc) is 2.96. The third kappa shape index (κ3) is 3.09. The summed E-state index contributed by atoms with van der Waals surface area (Å²) in [5.74, 6) is 1.66. The number of aromatic nitrogens is 4. The lowest BCUT2D eigenvalue weighted by atomic mass is 9.99. The van der Waals surface area contributed by atoms with Gasteiger partial charge in [-0.25, -0.2) is 0 Å². The molecule has 0 unspecified atom stereocenters. The van der Waals surface area contributed by atoms with Crippen LogP contribution in [0.3, 0.4) is 0 Å². The first-order valence-electron chi connectivity index (χ1n) is 8.56. The Morgan fingerprint density at radius 3 is 2.24 bits per heavy atom. The maximum atomic E-state index is 6.18. The number of hydrogen-bond acceptors (Lipinski definition) is 5. The Bertz CT molecular complexity index is 885. The Labute approximate surface area is 147 Å². The molecule has 0 radical (unpaired) electrons. The summed E-state index contributed by atoms with van der Waals surface area (Å²) in [6.45, 7) is 10.1. The van der Waals surface area contributed by atoms with E-state index >= 15 is 0 Å². The molecule has 3 aromatic rings. The molecule has 0 amide bonds. The molecule has 1 saturated heterocycles. The number of ether oxygens (including phenoxy) is 1. The minimum Gasteiger partial charge on any atom is -0.366 e. The van der Waals surface area contributed by atoms with Gasteiger partial charge in [0.05, 0.1) is 11.2 Å². The van der Waals surface area contributed by atoms with E-state index in [9.17, 15) is 0 Å². The van der Waals surface area contributed by atoms with E-state index in [1.807, 2.05) is 47.0 Å². The summed E-state index contributed by atoms with van der Waals surface area (Å²) in [5.41, 5.74) is 1.29. The molecule has 25 heavy (non-hydrogen) atoms. The van der Waals surface area contributed by atoms with Crippen LogP contribution in [0.15, 0.2) is 42.5 Å². The molecule has 4 rings (SSSR count). The molecule has 1 aliphatic heterocycles. The van der Waals surface area contributed by atoms with E-state index in [1.165, 1.54) is 0 Å². The number of rotatable bonds is 2. The van der Waals surface area contributed by atoms with Crippen molar-refractivity contribution < 1.29 is 4.74 Å². The normalized spacial score (nSPS) is 19.3. The van der Waals surface area contributed by atoms with Crippen molar-refractivity contribution in [2.75, 3.05) is 18.0 Å². The molecular weight excluding hydrogens is 314 g/mol. The van der Waals surface area contributed by atoms with Crippen LogP contribution in [0.25, 0.3) is 17.0 Å². The van der Waals surface area contributed by atoms with Crippen LogP contribution in [0.4, 0.5) is 5.82 Å². The van der Waals surface area contributed by atoms with Gasteiger partial charge >= 0.3 is 0 Å². The minimum atomic E-state index is -0.228. The van der Waals surface area contributed by atoms with Gasteiger partial charge in [-0.15, -0.1) is 15.3 Å². The van der Waals surface area contributed by atoms with Gasteiger partial charge in [0.2, 0.25) is 0 Å². The number of anilines is 1. The summed E-state index contributed by atoms with van der Waals surface area (Å²) < 4.78 is 8.00. The Morgan fingerprint density at radius 2 is 1.56 bits per heavy atom. The van der Waals surface area contributed by atoms with Crippen LogP contribution in [-0.2, 0) is 4.74 Å². The zero-order valence-electron chi connectivity index (χ0n) is 15.1. The van der Waals surface area contributed by atoms with Gasteiger partial charge in [-0.1, -0.05) is 30.3 Å². The van der Waals surface area contributed by atoms with Gasteiger partial charge in [0.15, 0.2) is 11.5 Å². The minimum absolute atomic E-state index is 0.228. The molecule has 6 heteroatoms. The number of hydrogen-bond donors (Lipinski definition) is 0. The molecule has 1 fully saturated rings. The maximum absolute atomic E-state index is 6.18. The number of benzene rings is 1. The lowest BCUT2D eigenvalue weighted by Crippen LogP contribution is -2.57. The topological polar surface area (TPSA) is 55.6 Å². The predicted octanol–water partition coefficient (Wildman–Crippen LogP) is 3.19. The van der Waals surface area contributed by atoms with Gasteiger partial charge in [-0.3, -0.25) is 0 Å². The molecule has 6 nitrogen and oxygen atoms in total. The molecule has 0 bridgehead atoms. The average molecular weight is 337 g/mol. The number of nitrogens with zero attached hydrogens (tertiary/aromatic N) is 5. The van der Waals surface area contributed by atoms with E-state index in [1.54, 1.807) is 0 Å². The van der Waals surface area contributed by atoms with Gasteiger partial charge in [-0.05, 0) is 39.8 Å². The van der Waals surface area contributed by atoms with E-state index in [-0.39, 0.29) is 11.2 Å². The molecule has 0 aliphatic carbocycles. The van der Waals surface area contributed by atoms with Gasteiger partial charge < -0.3 is 9.64 Å². The second kappa shape index (κ2) is 5.52. The van der Waals surface area contributed by atoms with Crippen molar-refractivity contribution in [1.29, 1.82) is 0 Å². The summed E-state index contributed by atoms with van der Waals surface area (Å²) in [5, 5.41) is 13.4. The first-order valence-corrected chi connectivity index (χ1v) is 8.56. The Kier molecular flexibility index (Phi) is 3.54. The Hall–Kier alpha value is -2.47. The van der Waals surface area contributed by atoms with Gasteiger partial charge in [0.1, 0.15) is 5.82 Å². The van der Waals surface area contributed by atoms with E-state index in [4.69, 9.17) is 9.84 Å². The monoisotopic (exact) mass is 337 g/mol. The second-order valence-electron chi connectivity index (χ2n) is 7.83. The van der Waals surface area contributed by atoms with Crippen molar-refractivity contribution in [3.63, 3.8) is 0 Å². The fraction of sp³-hybridized carbons (Fsp3) is 0.421. The molecule has 0 N–H and O–H groups in total. The van der Waals surface area contributed by atoms with Crippen molar-refractivity contribution in [2.45, 2.75) is 38.9 Å². The van der Waals surface area contributed by atoms with E-state index in [0.29, 0.717) is 0 Å². The largest absolute Gasteiger partial charge is 0.366 e. The van der Waals surface area contributed by atoms with Crippen LogP contribution >= 0.6 is 0 Å². The predicted molar refractivity (Wildman–Crippen MR) is 97.7 cm³/mol. The molecule has 0 spiro atoms. The molecule has 0 atom stereocenters. The molecule has 1 aromatic carbocycles. The lowest BCUT2D eigenvalue weighted by molar-refractivity contribution is -0.133. The van der Waals surface area contributed by atoms with Crippen LogP contribution in [0.5, 0.6) is 0 Å². The molecular formula is C19H23N5O. The van der Waals surface area contributed by atoms with Crippen LogP contribution in [0.2, 0.25) is 0 Å². The van der Waals surface area contributed by atoms with Crippen molar-refractivity contribution in [1.82, 2.24) is 19.8 Å². The molecule has 1 aliphatic rings. The first kappa shape index (κ1) is 16.0. The summed E-state index contributed by atoms with van der Waals surface area (Å²) >= 11 is 0. The summed E-state index contributed by atoms with van der Waals surface area (Å²) in [7, 11) is 0. The summed E-state index contributed by atoms with van der Waals surface area (Å²) in [4.78, 5) is 2.28. The standard InChI is InChI=1S/C19H23N5O/c1-18(2)12-23(13-19(3,4)25-18)16-11-10-15-20-21-17(24(15)22-16)14-8-6-5-7-9-14/h5-11H,12-13H2,1-4H3. The van der Waals surface area contributed by atoms with Gasteiger partial charge in [-0.2, -0.15) is 4.52 Å². The van der Waals surface area contributed by atoms with Crippen molar-refractivity contribution in [3.05, 3.63) is 42.5 Å². The molecule has 2 aromatic heterocycles. The van der Waals surface area contributed by atoms with Crippen LogP contribution in [-0.4, -0.2) is 44.1 Å². The third-order valence-electron chi connectivity index (χ3n) is 4.30. The summed E-state index contributed by atoms with van der Waals surface area (Å²) in [6, 6.07) is 14.0. The highest BCUT2D eigenvalue weighted by molar-refractivity contribution is 5.59. The van der Waals surface area contributed by atoms with E-state index in [0.717, 1.165) is 35.9 Å². The highest BCUT2D eigenvalue weighted by atomic mass is 16.5. The SMILES string of the molecule is CC1(C)CN(c2ccc3nnc(-c4ccccc4)n3n2)CC(C)(C)O1. The Morgan fingerprint density at radius 1 is 0.880 bits per heavy atom. The maximum Gasteiger partial charge on any atom is 0.185 e. The summed E-state index contributed by atoms with van der Waals surface area (Å²) in [6.07, 6.45) is 0. The highest BCUT2D eigenvalue weighted by Gasteiger charge is 2.38. The van der Waals surface area contributed by atoms with Gasteiger partial charge in [0.25, 0.3) is 0 Å². The number of fused-ring (bicyclic) bond motifs is 1. The highest BCUT2D eigenvalue weighted by Crippen LogP contribution is 2.31. The van der Waals surface area contributed by atoms with Crippen molar-refractivity contribution in [3.8, 4) is 11.4 Å². The van der Waals surface area contributed by atoms with Crippen molar-refractivity contribution in [2.24, 2.45) is 0 Å². The second-order valence-corrected chi connectivity index (χ2v) is 7.83. The third-order valence-corrected chi connectivity index (χ3v) is 4.30. The van der Waals surface area contributed by atoms with E-state index in [2.05, 4.69) is 42.8 Å². The van der Waals surface area contributed by atoms with E-state index < -0.39 is 0 Å². The molecule has 0 saturated carbocycles. The molecule has 130 valence electrons. The van der Waals surface area contributed by atoms with Crippen LogP contribution < -0.4 is 4.90 Å². The number of morpholine rings is 1. The smallest absolute Gasteiger partial charge is 0.185 e. The lowest BCUT2D eigenvalue weighted by Gasteiger charge is -2.47. The van der Waals surface area contributed by atoms with Crippen molar-refractivity contribution >= 4 is 11.5 Å². The fourth-order valence-corrected chi connectivity index (χ4v) is 3.66. The fourth-order valence-electron chi connectivity index (χ4n) is 3.66. The Balaban J connectivity index is 1.76. The van der Waals surface area contributed by atoms with Gasteiger partial charge in [0, 0.05) is 18.7 Å². The first-order chi connectivity index (χ1) is 11.8. The zero-order chi connectivity index (χ0) is 17.7.